The molecule has 0 saturated heterocycles. The first-order chi connectivity index (χ1) is 8.70. The van der Waals surface area contributed by atoms with Gasteiger partial charge < -0.3 is 4.57 Å². The Morgan fingerprint density at radius 2 is 1.67 bits per heavy atom. The second kappa shape index (κ2) is 3.98. The lowest BCUT2D eigenvalue weighted by Crippen LogP contribution is -1.93. The van der Waals surface area contributed by atoms with Crippen LogP contribution in [0.2, 0.25) is 0 Å². The minimum Gasteiger partial charge on any atom is -0.341 e. The molecule has 90 valence electrons. The van der Waals surface area contributed by atoms with E-state index in [0.29, 0.717) is 5.52 Å². The van der Waals surface area contributed by atoms with Gasteiger partial charge in [0.05, 0.1) is 11.2 Å². The van der Waals surface area contributed by atoms with E-state index < -0.39 is 0 Å². The summed E-state index contributed by atoms with van der Waals surface area (Å²) in [6.07, 6.45) is 0. The SMILES string of the molecule is Cc1c(-c2ccccc2)n(C)c2c(F)cccc12. The number of fused-ring (bicyclic) bond motifs is 1. The van der Waals surface area contributed by atoms with Crippen molar-refractivity contribution in [2.45, 2.75) is 6.92 Å². The van der Waals surface area contributed by atoms with Gasteiger partial charge in [0.2, 0.25) is 0 Å². The largest absolute Gasteiger partial charge is 0.341 e. The third-order valence-electron chi connectivity index (χ3n) is 3.46. The van der Waals surface area contributed by atoms with Gasteiger partial charge in [-0.15, -0.1) is 0 Å². The smallest absolute Gasteiger partial charge is 0.147 e. The van der Waals surface area contributed by atoms with Crippen molar-refractivity contribution in [1.82, 2.24) is 4.57 Å². The highest BCUT2D eigenvalue weighted by atomic mass is 19.1. The van der Waals surface area contributed by atoms with Crippen molar-refractivity contribution in [1.29, 1.82) is 0 Å². The Balaban J connectivity index is 2.42. The van der Waals surface area contributed by atoms with E-state index in [9.17, 15) is 4.39 Å². The van der Waals surface area contributed by atoms with E-state index in [1.54, 1.807) is 6.07 Å². The fraction of sp³-hybridized carbons (Fsp3) is 0.125. The zero-order valence-corrected chi connectivity index (χ0v) is 10.4. The molecule has 0 atom stereocenters. The molecule has 0 aliphatic heterocycles. The standard InChI is InChI=1S/C16H14FN/c1-11-13-9-6-10-14(17)16(13)18(2)15(11)12-7-4-3-5-8-12/h3-10H,1-2H3. The minimum absolute atomic E-state index is 0.166. The summed E-state index contributed by atoms with van der Waals surface area (Å²) >= 11 is 0. The van der Waals surface area contributed by atoms with Crippen molar-refractivity contribution in [3.8, 4) is 11.3 Å². The third kappa shape index (κ3) is 1.46. The Bertz CT molecular complexity index is 711. The Kier molecular flexibility index (Phi) is 2.44. The van der Waals surface area contributed by atoms with Gasteiger partial charge in [-0.05, 0) is 24.1 Å². The average Bonchev–Trinajstić information content (AvgIpc) is 2.64. The van der Waals surface area contributed by atoms with Crippen molar-refractivity contribution < 1.29 is 4.39 Å². The first-order valence-electron chi connectivity index (χ1n) is 5.99. The summed E-state index contributed by atoms with van der Waals surface area (Å²) in [4.78, 5) is 0. The van der Waals surface area contributed by atoms with Crippen molar-refractivity contribution in [3.63, 3.8) is 0 Å². The van der Waals surface area contributed by atoms with Gasteiger partial charge in [-0.1, -0.05) is 42.5 Å². The van der Waals surface area contributed by atoms with Gasteiger partial charge in [0.15, 0.2) is 0 Å². The quantitative estimate of drug-likeness (QED) is 0.597. The Hall–Kier alpha value is -2.09. The second-order valence-electron chi connectivity index (χ2n) is 4.53. The number of benzene rings is 2. The third-order valence-corrected chi connectivity index (χ3v) is 3.46. The van der Waals surface area contributed by atoms with Crippen LogP contribution in [0.15, 0.2) is 48.5 Å². The number of para-hydroxylation sites is 1. The number of aromatic nitrogens is 1. The van der Waals surface area contributed by atoms with Crippen molar-refractivity contribution in [2.24, 2.45) is 7.05 Å². The highest BCUT2D eigenvalue weighted by Gasteiger charge is 2.15. The summed E-state index contributed by atoms with van der Waals surface area (Å²) in [6, 6.07) is 15.3. The van der Waals surface area contributed by atoms with Gasteiger partial charge in [-0.3, -0.25) is 0 Å². The lowest BCUT2D eigenvalue weighted by atomic mass is 10.1. The Labute approximate surface area is 105 Å². The number of hydrogen-bond donors (Lipinski definition) is 0. The predicted octanol–water partition coefficient (Wildman–Crippen LogP) is 4.29. The average molecular weight is 239 g/mol. The van der Waals surface area contributed by atoms with Crippen LogP contribution in [0.3, 0.4) is 0 Å². The lowest BCUT2D eigenvalue weighted by molar-refractivity contribution is 0.632. The molecule has 3 rings (SSSR count). The molecule has 0 spiro atoms. The topological polar surface area (TPSA) is 4.93 Å². The van der Waals surface area contributed by atoms with E-state index in [4.69, 9.17) is 0 Å². The number of halogens is 1. The predicted molar refractivity (Wildman–Crippen MR) is 73.1 cm³/mol. The first-order valence-corrected chi connectivity index (χ1v) is 5.99. The van der Waals surface area contributed by atoms with E-state index in [-0.39, 0.29) is 5.82 Å². The summed E-state index contributed by atoms with van der Waals surface area (Å²) in [6.45, 7) is 2.05. The van der Waals surface area contributed by atoms with Crippen LogP contribution in [0.25, 0.3) is 22.2 Å². The number of aryl methyl sites for hydroxylation is 2. The summed E-state index contributed by atoms with van der Waals surface area (Å²) in [5, 5.41) is 0.983. The summed E-state index contributed by atoms with van der Waals surface area (Å²) in [5.74, 6) is -0.166. The molecule has 2 heteroatoms. The Morgan fingerprint density at radius 1 is 0.944 bits per heavy atom. The summed E-state index contributed by atoms with van der Waals surface area (Å²) < 4.78 is 15.9. The number of rotatable bonds is 1. The van der Waals surface area contributed by atoms with Crippen LogP contribution >= 0.6 is 0 Å². The molecule has 18 heavy (non-hydrogen) atoms. The van der Waals surface area contributed by atoms with Crippen LogP contribution in [0.5, 0.6) is 0 Å². The van der Waals surface area contributed by atoms with Crippen molar-refractivity contribution in [3.05, 3.63) is 59.9 Å². The summed E-state index contributed by atoms with van der Waals surface area (Å²) in [5.41, 5.74) is 4.00. The van der Waals surface area contributed by atoms with E-state index in [1.807, 2.05) is 42.8 Å². The molecule has 3 aromatic rings. The van der Waals surface area contributed by atoms with Gasteiger partial charge in [0, 0.05) is 12.4 Å². The van der Waals surface area contributed by atoms with Crippen molar-refractivity contribution >= 4 is 10.9 Å². The molecule has 0 aliphatic carbocycles. The van der Waals surface area contributed by atoms with Crippen LogP contribution in [-0.4, -0.2) is 4.57 Å². The maximum absolute atomic E-state index is 13.9. The van der Waals surface area contributed by atoms with E-state index in [0.717, 1.165) is 22.2 Å². The molecule has 0 bridgehead atoms. The molecule has 1 nitrogen and oxygen atoms in total. The van der Waals surface area contributed by atoms with Gasteiger partial charge in [-0.2, -0.15) is 0 Å². The minimum atomic E-state index is -0.166. The fourth-order valence-electron chi connectivity index (χ4n) is 2.66. The molecular weight excluding hydrogens is 225 g/mol. The van der Waals surface area contributed by atoms with E-state index in [2.05, 4.69) is 12.1 Å². The molecule has 1 aromatic heterocycles. The first kappa shape index (κ1) is 11.0. The van der Waals surface area contributed by atoms with E-state index in [1.165, 1.54) is 6.07 Å². The molecule has 0 N–H and O–H groups in total. The van der Waals surface area contributed by atoms with Crippen molar-refractivity contribution in [2.75, 3.05) is 0 Å². The summed E-state index contributed by atoms with van der Waals surface area (Å²) in [7, 11) is 1.92. The normalized spacial score (nSPS) is 11.1. The van der Waals surface area contributed by atoms with E-state index >= 15 is 0 Å². The number of nitrogens with zero attached hydrogens (tertiary/aromatic N) is 1. The second-order valence-corrected chi connectivity index (χ2v) is 4.53. The van der Waals surface area contributed by atoms with Crippen LogP contribution in [0, 0.1) is 12.7 Å². The van der Waals surface area contributed by atoms with Crippen LogP contribution < -0.4 is 0 Å². The molecule has 0 saturated carbocycles. The molecular formula is C16H14FN. The van der Waals surface area contributed by atoms with Gasteiger partial charge in [0.25, 0.3) is 0 Å². The molecule has 0 fully saturated rings. The maximum atomic E-state index is 13.9. The number of hydrogen-bond acceptors (Lipinski definition) is 0. The van der Waals surface area contributed by atoms with Gasteiger partial charge in [0.1, 0.15) is 5.82 Å². The van der Waals surface area contributed by atoms with Gasteiger partial charge >= 0.3 is 0 Å². The molecule has 2 aromatic carbocycles. The molecule has 0 aliphatic rings. The fourth-order valence-corrected chi connectivity index (χ4v) is 2.66. The van der Waals surface area contributed by atoms with Crippen LogP contribution in [-0.2, 0) is 7.05 Å². The molecule has 0 unspecified atom stereocenters. The van der Waals surface area contributed by atoms with Crippen LogP contribution in [0.1, 0.15) is 5.56 Å². The highest BCUT2D eigenvalue weighted by molar-refractivity contribution is 5.91. The highest BCUT2D eigenvalue weighted by Crippen LogP contribution is 2.33. The Morgan fingerprint density at radius 3 is 2.33 bits per heavy atom. The molecule has 0 amide bonds. The molecule has 0 radical (unpaired) electrons. The molecule has 1 heterocycles. The zero-order valence-electron chi connectivity index (χ0n) is 10.4. The maximum Gasteiger partial charge on any atom is 0.147 e. The monoisotopic (exact) mass is 239 g/mol. The lowest BCUT2D eigenvalue weighted by Gasteiger charge is -2.05. The van der Waals surface area contributed by atoms with Crippen LogP contribution in [0.4, 0.5) is 4.39 Å². The van der Waals surface area contributed by atoms with Gasteiger partial charge in [-0.25, -0.2) is 4.39 Å². The zero-order chi connectivity index (χ0) is 12.7.